The number of oxime groups is 1. The van der Waals surface area contributed by atoms with Crippen LogP contribution in [-0.2, 0) is 4.79 Å². The lowest BCUT2D eigenvalue weighted by Gasteiger charge is -2.70. The Morgan fingerprint density at radius 3 is 2.32 bits per heavy atom. The van der Waals surface area contributed by atoms with Crippen LogP contribution in [-0.4, -0.2) is 45.6 Å². The predicted octanol–water partition coefficient (Wildman–Crippen LogP) is 6.58. The summed E-state index contributed by atoms with van der Waals surface area (Å²) in [5, 5.41) is 26.9. The maximum absolute atomic E-state index is 14.4. The fourth-order valence-corrected chi connectivity index (χ4v) is 10.6. The first-order valence-corrected chi connectivity index (χ1v) is 14.7. The van der Waals surface area contributed by atoms with Gasteiger partial charge in [0, 0.05) is 23.9 Å². The summed E-state index contributed by atoms with van der Waals surface area (Å²) in [6, 6.07) is -0.479. The number of carbonyl (C=O) groups excluding carboxylic acids is 2. The summed E-state index contributed by atoms with van der Waals surface area (Å²) >= 11 is 0. The molecule has 7 heteroatoms. The van der Waals surface area contributed by atoms with Crippen LogP contribution in [0.4, 0.5) is 4.79 Å². The Balaban J connectivity index is 1.56. The van der Waals surface area contributed by atoms with Gasteiger partial charge < -0.3 is 10.5 Å². The first-order valence-electron chi connectivity index (χ1n) is 14.7. The summed E-state index contributed by atoms with van der Waals surface area (Å²) in [5.41, 5.74) is 1.24. The highest BCUT2D eigenvalue weighted by Crippen LogP contribution is 2.74. The van der Waals surface area contributed by atoms with Crippen molar-refractivity contribution < 1.29 is 20.0 Å². The summed E-state index contributed by atoms with van der Waals surface area (Å²) < 4.78 is 0. The van der Waals surface area contributed by atoms with Gasteiger partial charge in [0.2, 0.25) is 0 Å². The molecule has 0 heterocycles. The Bertz CT molecular complexity index is 1110. The van der Waals surface area contributed by atoms with Crippen molar-refractivity contribution in [3.8, 4) is 0 Å². The molecule has 3 N–H and O–H groups in total. The topological polar surface area (TPSA) is 102 Å². The van der Waals surface area contributed by atoms with Gasteiger partial charge in [-0.05, 0) is 104 Å². The largest absolute Gasteiger partial charge is 0.411 e. The maximum atomic E-state index is 14.4. The van der Waals surface area contributed by atoms with E-state index in [9.17, 15) is 20.0 Å². The second kappa shape index (κ2) is 8.31. The number of urea groups is 1. The molecule has 8 atom stereocenters. The van der Waals surface area contributed by atoms with Crippen LogP contribution in [0.25, 0.3) is 0 Å². The van der Waals surface area contributed by atoms with Crippen LogP contribution >= 0.6 is 0 Å². The Labute approximate surface area is 228 Å². The fourth-order valence-electron chi connectivity index (χ4n) is 10.6. The van der Waals surface area contributed by atoms with Crippen molar-refractivity contribution >= 4 is 17.5 Å². The van der Waals surface area contributed by atoms with Crippen LogP contribution in [0.15, 0.2) is 16.8 Å². The lowest BCUT2D eigenvalue weighted by Crippen LogP contribution is -2.66. The van der Waals surface area contributed by atoms with Crippen LogP contribution in [0.2, 0.25) is 0 Å². The number of ketones is 1. The second-order valence-electron chi connectivity index (χ2n) is 15.5. The molecular weight excluding hydrogens is 478 g/mol. The Morgan fingerprint density at radius 2 is 1.68 bits per heavy atom. The number of hydrogen-bond donors (Lipinski definition) is 3. The van der Waals surface area contributed by atoms with Crippen LogP contribution < -0.4 is 5.32 Å². The van der Waals surface area contributed by atoms with Gasteiger partial charge in [-0.3, -0.25) is 10.0 Å². The van der Waals surface area contributed by atoms with Crippen molar-refractivity contribution in [2.45, 2.75) is 112 Å². The number of carbonyl (C=O) groups is 2. The van der Waals surface area contributed by atoms with Crippen molar-refractivity contribution in [3.05, 3.63) is 11.6 Å². The molecule has 4 saturated carbocycles. The van der Waals surface area contributed by atoms with E-state index in [4.69, 9.17) is 0 Å². The molecule has 0 aromatic heterocycles. The third-order valence-corrected chi connectivity index (χ3v) is 13.2. The third kappa shape index (κ3) is 3.52. The molecule has 0 aromatic rings. The minimum Gasteiger partial charge on any atom is -0.411 e. The third-order valence-electron chi connectivity index (χ3n) is 13.2. The fraction of sp³-hybridized carbons (Fsp3) is 0.839. The molecule has 5 aliphatic rings. The zero-order valence-electron chi connectivity index (χ0n) is 24.8. The summed E-state index contributed by atoms with van der Waals surface area (Å²) in [5.74, 6) is 0.743. The van der Waals surface area contributed by atoms with Crippen molar-refractivity contribution in [1.29, 1.82) is 0 Å². The Hall–Kier alpha value is -1.89. The smallest absolute Gasteiger partial charge is 0.341 e. The standard InChI is InChI=1S/C31H49N3O4/c1-26(2)22-9-12-31(7)24(29(22,5)11-10-23(26)33-37)21(35)17-19-20-18-28(4,32-25(36)34(8)38)15-13-27(20,3)14-16-30(19,31)6/h17,20,22,24,37-38H,9-16,18H2,1-8H3,(H,32,36)/b33-23+/t20-,22-,24+,27+,28-,29-,30+,31+/m0/s1. The summed E-state index contributed by atoms with van der Waals surface area (Å²) in [6.07, 6.45) is 10.5. The molecule has 0 radical (unpaired) electrons. The van der Waals surface area contributed by atoms with E-state index >= 15 is 0 Å². The molecule has 212 valence electrons. The van der Waals surface area contributed by atoms with Crippen LogP contribution in [0, 0.1) is 44.8 Å². The number of allylic oxidation sites excluding steroid dienone is 2. The number of nitrogens with one attached hydrogen (secondary N) is 1. The molecule has 5 rings (SSSR count). The van der Waals surface area contributed by atoms with Gasteiger partial charge in [-0.2, -0.15) is 0 Å². The van der Waals surface area contributed by atoms with Crippen molar-refractivity contribution in [2.75, 3.05) is 7.05 Å². The average molecular weight is 528 g/mol. The van der Waals surface area contributed by atoms with E-state index in [1.807, 2.05) is 0 Å². The van der Waals surface area contributed by atoms with Crippen molar-refractivity contribution in [2.24, 2.45) is 50.0 Å². The second-order valence-corrected chi connectivity index (χ2v) is 15.5. The van der Waals surface area contributed by atoms with E-state index in [1.165, 1.54) is 12.6 Å². The minimum absolute atomic E-state index is 0.0518. The average Bonchev–Trinajstić information content (AvgIpc) is 2.81. The number of hydroxylamine groups is 2. The number of fused-ring (bicyclic) bond motifs is 7. The number of hydrogen-bond acceptors (Lipinski definition) is 5. The van der Waals surface area contributed by atoms with E-state index in [-0.39, 0.29) is 44.7 Å². The lowest BCUT2D eigenvalue weighted by atomic mass is 9.33. The first-order chi connectivity index (χ1) is 17.5. The molecule has 2 amide bonds. The molecular formula is C31H49N3O4. The summed E-state index contributed by atoms with van der Waals surface area (Å²) in [6.45, 7) is 16.1. The molecule has 0 spiro atoms. The quantitative estimate of drug-likeness (QED) is 0.204. The summed E-state index contributed by atoms with van der Waals surface area (Å²) in [7, 11) is 1.35. The predicted molar refractivity (Wildman–Crippen MR) is 147 cm³/mol. The van der Waals surface area contributed by atoms with E-state index in [1.54, 1.807) is 0 Å². The Morgan fingerprint density at radius 1 is 1.03 bits per heavy atom. The van der Waals surface area contributed by atoms with Gasteiger partial charge in [0.1, 0.15) is 0 Å². The highest BCUT2D eigenvalue weighted by Gasteiger charge is 2.70. The van der Waals surface area contributed by atoms with Crippen LogP contribution in [0.3, 0.4) is 0 Å². The van der Waals surface area contributed by atoms with E-state index in [2.05, 4.69) is 65.0 Å². The molecule has 5 aliphatic carbocycles. The highest BCUT2D eigenvalue weighted by molar-refractivity contribution is 5.97. The zero-order valence-corrected chi connectivity index (χ0v) is 24.8. The van der Waals surface area contributed by atoms with Crippen LogP contribution in [0.1, 0.15) is 106 Å². The molecule has 0 aliphatic heterocycles. The maximum Gasteiger partial charge on any atom is 0.341 e. The van der Waals surface area contributed by atoms with Crippen molar-refractivity contribution in [3.63, 3.8) is 0 Å². The van der Waals surface area contributed by atoms with Crippen LogP contribution in [0.5, 0.6) is 0 Å². The number of nitrogens with zero attached hydrogens (tertiary/aromatic N) is 2. The van der Waals surface area contributed by atoms with Gasteiger partial charge in [0.15, 0.2) is 5.78 Å². The van der Waals surface area contributed by atoms with Crippen molar-refractivity contribution in [1.82, 2.24) is 10.4 Å². The molecule has 4 fully saturated rings. The minimum atomic E-state index is -0.479. The Kier molecular flexibility index (Phi) is 6.05. The molecule has 0 aromatic carbocycles. The van der Waals surface area contributed by atoms with E-state index in [0.29, 0.717) is 11.0 Å². The number of amides is 2. The first kappa shape index (κ1) is 27.7. The van der Waals surface area contributed by atoms with Gasteiger partial charge in [0.25, 0.3) is 0 Å². The van der Waals surface area contributed by atoms with Gasteiger partial charge in [-0.1, -0.05) is 52.3 Å². The molecule has 38 heavy (non-hydrogen) atoms. The van der Waals surface area contributed by atoms with E-state index < -0.39 is 11.6 Å². The normalized spacial score (nSPS) is 48.7. The van der Waals surface area contributed by atoms with Gasteiger partial charge in [-0.25, -0.2) is 9.86 Å². The van der Waals surface area contributed by atoms with Gasteiger partial charge in [0.05, 0.1) is 5.71 Å². The molecule has 0 unspecified atom stereocenters. The molecule has 0 bridgehead atoms. The van der Waals surface area contributed by atoms with Gasteiger partial charge in [-0.15, -0.1) is 0 Å². The van der Waals surface area contributed by atoms with E-state index in [0.717, 1.165) is 63.5 Å². The molecule has 7 nitrogen and oxygen atoms in total. The SMILES string of the molecule is CN(O)C(=O)N[C@@]1(C)CC[C@]2(C)CC[C@]3(C)C(=CC(=O)[C@@H]4[C@@]5(C)CC/C(=N\O)C(C)(C)[C@@H]5CC[C@]43C)[C@@H]2C1. The zero-order chi connectivity index (χ0) is 28.1. The number of rotatable bonds is 1. The monoisotopic (exact) mass is 527 g/mol. The molecule has 0 saturated heterocycles. The van der Waals surface area contributed by atoms with Gasteiger partial charge >= 0.3 is 6.03 Å². The highest BCUT2D eigenvalue weighted by atomic mass is 16.5. The lowest BCUT2D eigenvalue weighted by molar-refractivity contribution is -0.174. The summed E-state index contributed by atoms with van der Waals surface area (Å²) in [4.78, 5) is 26.8.